The van der Waals surface area contributed by atoms with Gasteiger partial charge < -0.3 is 24.4 Å². The Bertz CT molecular complexity index is 1510. The van der Waals surface area contributed by atoms with Gasteiger partial charge in [0.2, 0.25) is 11.8 Å². The summed E-state index contributed by atoms with van der Waals surface area (Å²) in [5, 5.41) is 2.89. The minimum atomic E-state index is -4.30. The molecule has 0 aliphatic rings. The van der Waals surface area contributed by atoms with E-state index >= 15 is 0 Å². The molecule has 238 valence electrons. The Kier molecular flexibility index (Phi) is 12.5. The van der Waals surface area contributed by atoms with Gasteiger partial charge in [0.1, 0.15) is 18.3 Å². The lowest BCUT2D eigenvalue weighted by molar-refractivity contribution is -0.139. The Morgan fingerprint density at radius 1 is 0.932 bits per heavy atom. The quantitative estimate of drug-likeness (QED) is 0.224. The predicted octanol–water partition coefficient (Wildman–Crippen LogP) is 4.94. The number of unbranched alkanes of at least 4 members (excludes halogenated alkanes) is 1. The molecule has 0 heterocycles. The number of nitrogens with one attached hydrogen (secondary N) is 1. The van der Waals surface area contributed by atoms with E-state index in [0.29, 0.717) is 24.7 Å². The number of carbonyl (C=O) groups excluding carboxylic acids is 2. The first-order valence-electron chi connectivity index (χ1n) is 14.7. The number of hydrogen-bond acceptors (Lipinski definition) is 7. The number of hydrogen-bond donors (Lipinski definition) is 1. The summed E-state index contributed by atoms with van der Waals surface area (Å²) < 4.78 is 45.6. The number of amides is 2. The van der Waals surface area contributed by atoms with Gasteiger partial charge in [-0.05, 0) is 69.2 Å². The van der Waals surface area contributed by atoms with Crippen molar-refractivity contribution in [3.63, 3.8) is 0 Å². The number of aryl methyl sites for hydroxylation is 1. The number of methoxy groups -OCH3 is 2. The van der Waals surface area contributed by atoms with Crippen LogP contribution >= 0.6 is 0 Å². The van der Waals surface area contributed by atoms with Gasteiger partial charge in [-0.2, -0.15) is 0 Å². The van der Waals surface area contributed by atoms with E-state index in [2.05, 4.69) is 5.32 Å². The third kappa shape index (κ3) is 8.66. The van der Waals surface area contributed by atoms with E-state index in [0.717, 1.165) is 28.3 Å². The van der Waals surface area contributed by atoms with E-state index in [-0.39, 0.29) is 28.8 Å². The van der Waals surface area contributed by atoms with Crippen LogP contribution in [0.5, 0.6) is 17.2 Å². The van der Waals surface area contributed by atoms with E-state index in [9.17, 15) is 18.0 Å². The van der Waals surface area contributed by atoms with Crippen LogP contribution in [0.3, 0.4) is 0 Å². The van der Waals surface area contributed by atoms with Crippen LogP contribution in [-0.2, 0) is 26.2 Å². The second kappa shape index (κ2) is 16.0. The molecule has 0 spiro atoms. The fraction of sp³-hybridized carbons (Fsp3) is 0.394. The topological polar surface area (TPSA) is 114 Å². The Morgan fingerprint density at radius 2 is 1.64 bits per heavy atom. The fourth-order valence-electron chi connectivity index (χ4n) is 4.63. The van der Waals surface area contributed by atoms with Gasteiger partial charge in [0.15, 0.2) is 11.5 Å². The molecule has 0 fully saturated rings. The summed E-state index contributed by atoms with van der Waals surface area (Å²) in [4.78, 5) is 28.6. The monoisotopic (exact) mass is 625 g/mol. The van der Waals surface area contributed by atoms with E-state index in [1.165, 1.54) is 37.3 Å². The van der Waals surface area contributed by atoms with Crippen molar-refractivity contribution >= 4 is 27.5 Å². The summed E-state index contributed by atoms with van der Waals surface area (Å²) in [6, 6.07) is 17.5. The van der Waals surface area contributed by atoms with E-state index in [4.69, 9.17) is 14.2 Å². The maximum absolute atomic E-state index is 14.2. The zero-order valence-corrected chi connectivity index (χ0v) is 27.1. The maximum Gasteiger partial charge on any atom is 0.264 e. The standard InChI is InChI=1S/C33H43N3O7S/c1-7-9-19-34-33(38)25(4)35(22-26-12-10-11-24(3)20-26)32(37)23-36(27-13-15-28(16-14-27)43-8-2)44(39,40)29-17-18-30(41-5)31(21-29)42-6/h10-18,20-21,25H,7-9,19,22-23H2,1-6H3,(H,34,38)/t25-/m1/s1. The molecule has 0 aliphatic carbocycles. The van der Waals surface area contributed by atoms with Crippen molar-refractivity contribution in [2.24, 2.45) is 0 Å². The Labute approximate surface area is 261 Å². The zero-order valence-electron chi connectivity index (χ0n) is 26.3. The highest BCUT2D eigenvalue weighted by atomic mass is 32.2. The van der Waals surface area contributed by atoms with Crippen LogP contribution in [0.25, 0.3) is 0 Å². The summed E-state index contributed by atoms with van der Waals surface area (Å²) in [6.45, 7) is 7.97. The summed E-state index contributed by atoms with van der Waals surface area (Å²) in [7, 11) is -1.43. The van der Waals surface area contributed by atoms with Crippen molar-refractivity contribution in [3.05, 3.63) is 77.9 Å². The lowest BCUT2D eigenvalue weighted by Crippen LogP contribution is -2.51. The van der Waals surface area contributed by atoms with Gasteiger partial charge in [0, 0.05) is 19.2 Å². The van der Waals surface area contributed by atoms with Crippen molar-refractivity contribution < 1.29 is 32.2 Å². The molecule has 0 unspecified atom stereocenters. The van der Waals surface area contributed by atoms with Crippen LogP contribution in [-0.4, -0.2) is 65.1 Å². The molecule has 44 heavy (non-hydrogen) atoms. The first kappa shape index (κ1) is 34.2. The largest absolute Gasteiger partial charge is 0.494 e. The zero-order chi connectivity index (χ0) is 32.3. The molecule has 0 aliphatic heterocycles. The summed E-state index contributed by atoms with van der Waals surface area (Å²) in [5.41, 5.74) is 2.08. The van der Waals surface area contributed by atoms with Crippen LogP contribution in [0.15, 0.2) is 71.6 Å². The highest BCUT2D eigenvalue weighted by molar-refractivity contribution is 7.92. The van der Waals surface area contributed by atoms with Crippen LogP contribution in [0.4, 0.5) is 5.69 Å². The highest BCUT2D eigenvalue weighted by Gasteiger charge is 2.33. The maximum atomic E-state index is 14.2. The van der Waals surface area contributed by atoms with E-state index in [1.807, 2.05) is 45.0 Å². The molecule has 3 aromatic carbocycles. The number of benzene rings is 3. The number of carbonyl (C=O) groups is 2. The van der Waals surface area contributed by atoms with Gasteiger partial charge in [-0.25, -0.2) is 8.42 Å². The van der Waals surface area contributed by atoms with Gasteiger partial charge in [-0.1, -0.05) is 43.2 Å². The molecule has 0 saturated carbocycles. The molecule has 0 bridgehead atoms. The second-order valence-electron chi connectivity index (χ2n) is 10.3. The van der Waals surface area contributed by atoms with Crippen LogP contribution < -0.4 is 23.8 Å². The molecule has 1 atom stereocenters. The lowest BCUT2D eigenvalue weighted by atomic mass is 10.1. The van der Waals surface area contributed by atoms with Crippen molar-refractivity contribution in [1.82, 2.24) is 10.2 Å². The molecule has 0 aromatic heterocycles. The van der Waals surface area contributed by atoms with Gasteiger partial charge >= 0.3 is 0 Å². The first-order chi connectivity index (χ1) is 21.0. The number of anilines is 1. The molecule has 3 aromatic rings. The second-order valence-corrected chi connectivity index (χ2v) is 12.1. The molecule has 0 radical (unpaired) electrons. The molecular weight excluding hydrogens is 582 g/mol. The minimum Gasteiger partial charge on any atom is -0.494 e. The van der Waals surface area contributed by atoms with Crippen molar-refractivity contribution in [2.45, 2.75) is 58.0 Å². The molecule has 2 amide bonds. The van der Waals surface area contributed by atoms with Gasteiger partial charge in [0.05, 0.1) is 31.4 Å². The Hall–Kier alpha value is -4.25. The summed E-state index contributed by atoms with van der Waals surface area (Å²) >= 11 is 0. The average molecular weight is 626 g/mol. The molecule has 1 N–H and O–H groups in total. The number of ether oxygens (including phenoxy) is 3. The van der Waals surface area contributed by atoms with Crippen molar-refractivity contribution in [3.8, 4) is 17.2 Å². The van der Waals surface area contributed by atoms with Crippen molar-refractivity contribution in [2.75, 3.05) is 38.2 Å². The van der Waals surface area contributed by atoms with Crippen LogP contribution in [0, 0.1) is 6.92 Å². The molecule has 0 saturated heterocycles. The number of sulfonamides is 1. The smallest absolute Gasteiger partial charge is 0.264 e. The summed E-state index contributed by atoms with van der Waals surface area (Å²) in [6.07, 6.45) is 1.71. The first-order valence-corrected chi connectivity index (χ1v) is 16.1. The SMILES string of the molecule is CCCCNC(=O)[C@@H](C)N(Cc1cccc(C)c1)C(=O)CN(c1ccc(OCC)cc1)S(=O)(=O)c1ccc(OC)c(OC)c1. The van der Waals surface area contributed by atoms with E-state index in [1.54, 1.807) is 31.2 Å². The lowest BCUT2D eigenvalue weighted by Gasteiger charge is -2.32. The predicted molar refractivity (Wildman–Crippen MR) is 171 cm³/mol. The Balaban J connectivity index is 2.06. The fourth-order valence-corrected chi connectivity index (χ4v) is 6.06. The minimum absolute atomic E-state index is 0.0903. The molecule has 11 heteroatoms. The third-order valence-corrected chi connectivity index (χ3v) is 8.86. The third-order valence-electron chi connectivity index (χ3n) is 7.09. The summed E-state index contributed by atoms with van der Waals surface area (Å²) in [5.74, 6) is 0.300. The molecule has 10 nitrogen and oxygen atoms in total. The van der Waals surface area contributed by atoms with Crippen LogP contribution in [0.2, 0.25) is 0 Å². The van der Waals surface area contributed by atoms with E-state index < -0.39 is 28.5 Å². The molecule has 3 rings (SSSR count). The number of rotatable bonds is 16. The number of nitrogens with zero attached hydrogens (tertiary/aromatic N) is 2. The van der Waals surface area contributed by atoms with Crippen LogP contribution in [0.1, 0.15) is 44.7 Å². The highest BCUT2D eigenvalue weighted by Crippen LogP contribution is 2.33. The van der Waals surface area contributed by atoms with Gasteiger partial charge in [0.25, 0.3) is 10.0 Å². The molecular formula is C33H43N3O7S. The normalized spacial score (nSPS) is 11.8. The van der Waals surface area contributed by atoms with Gasteiger partial charge in [-0.15, -0.1) is 0 Å². The average Bonchev–Trinajstić information content (AvgIpc) is 3.02. The van der Waals surface area contributed by atoms with Gasteiger partial charge in [-0.3, -0.25) is 13.9 Å². The Morgan fingerprint density at radius 3 is 2.25 bits per heavy atom. The van der Waals surface area contributed by atoms with Crippen molar-refractivity contribution in [1.29, 1.82) is 0 Å².